The van der Waals surface area contributed by atoms with E-state index in [0.717, 1.165) is 55.1 Å². The van der Waals surface area contributed by atoms with Gasteiger partial charge in [-0.1, -0.05) is 24.3 Å². The smallest absolute Gasteiger partial charge is 0.129 e. The Kier molecular flexibility index (Phi) is 5.75. The average Bonchev–Trinajstić information content (AvgIpc) is 2.84. The fraction of sp³-hybridized carbons (Fsp3) is 0.296. The van der Waals surface area contributed by atoms with Crippen LogP contribution in [0.5, 0.6) is 11.5 Å². The first-order chi connectivity index (χ1) is 16.0. The van der Waals surface area contributed by atoms with Crippen molar-refractivity contribution in [2.75, 3.05) is 24.6 Å². The van der Waals surface area contributed by atoms with E-state index >= 15 is 0 Å². The van der Waals surface area contributed by atoms with E-state index in [9.17, 15) is 18.7 Å². The van der Waals surface area contributed by atoms with Crippen LogP contribution in [0.1, 0.15) is 41.4 Å². The highest BCUT2D eigenvalue weighted by Crippen LogP contribution is 2.47. The zero-order chi connectivity index (χ0) is 22.9. The molecule has 1 N–H and O–H groups in total. The van der Waals surface area contributed by atoms with Crippen LogP contribution in [0.15, 0.2) is 60.7 Å². The first-order valence-corrected chi connectivity index (χ1v) is 11.2. The van der Waals surface area contributed by atoms with Gasteiger partial charge < -0.3 is 19.5 Å². The summed E-state index contributed by atoms with van der Waals surface area (Å²) < 4.78 is 34.2. The normalized spacial score (nSPS) is 20.7. The van der Waals surface area contributed by atoms with Gasteiger partial charge in [0.2, 0.25) is 0 Å². The Balaban J connectivity index is 1.50. The zero-order valence-corrected chi connectivity index (χ0v) is 18.1. The molecule has 1 saturated heterocycles. The van der Waals surface area contributed by atoms with E-state index in [2.05, 4.69) is 17.0 Å². The molecule has 0 radical (unpaired) electrons. The van der Waals surface area contributed by atoms with E-state index in [1.807, 2.05) is 12.1 Å². The second-order valence-corrected chi connectivity index (χ2v) is 8.84. The molecule has 170 valence electrons. The van der Waals surface area contributed by atoms with Crippen molar-refractivity contribution in [1.29, 1.82) is 0 Å². The SMILES string of the molecule is O=CC1CCN(c2ccc(C3c4ccc(O)cc4OCC3c3ccc(F)cc3F)cc2)CC1. The van der Waals surface area contributed by atoms with E-state index < -0.39 is 11.6 Å². The molecule has 2 atom stereocenters. The van der Waals surface area contributed by atoms with Crippen LogP contribution in [0.25, 0.3) is 0 Å². The summed E-state index contributed by atoms with van der Waals surface area (Å²) in [6, 6.07) is 16.9. The lowest BCUT2D eigenvalue weighted by Gasteiger charge is -2.35. The van der Waals surface area contributed by atoms with Gasteiger partial charge in [-0.2, -0.15) is 0 Å². The van der Waals surface area contributed by atoms with E-state index in [4.69, 9.17) is 4.74 Å². The predicted octanol–water partition coefficient (Wildman–Crippen LogP) is 5.39. The van der Waals surface area contributed by atoms with Crippen LogP contribution >= 0.6 is 0 Å². The highest BCUT2D eigenvalue weighted by atomic mass is 19.1. The van der Waals surface area contributed by atoms with Gasteiger partial charge in [0.15, 0.2) is 0 Å². The summed E-state index contributed by atoms with van der Waals surface area (Å²) in [6.07, 6.45) is 2.76. The van der Waals surface area contributed by atoms with Crippen LogP contribution in [0.4, 0.5) is 14.5 Å². The number of nitrogens with zero attached hydrogens (tertiary/aromatic N) is 1. The van der Waals surface area contributed by atoms with Crippen molar-refractivity contribution in [1.82, 2.24) is 0 Å². The summed E-state index contributed by atoms with van der Waals surface area (Å²) in [6.45, 7) is 1.89. The quantitative estimate of drug-likeness (QED) is 0.543. The molecule has 33 heavy (non-hydrogen) atoms. The van der Waals surface area contributed by atoms with Gasteiger partial charge in [-0.05, 0) is 48.2 Å². The molecular formula is C27H25F2NO3. The molecule has 1 fully saturated rings. The molecule has 3 aromatic rings. The molecule has 0 spiro atoms. The first kappa shape index (κ1) is 21.4. The van der Waals surface area contributed by atoms with Crippen LogP contribution in [-0.2, 0) is 4.79 Å². The van der Waals surface area contributed by atoms with Crippen molar-refractivity contribution in [2.45, 2.75) is 24.7 Å². The third kappa shape index (κ3) is 4.17. The minimum atomic E-state index is -0.613. The lowest BCUT2D eigenvalue weighted by molar-refractivity contribution is -0.111. The molecule has 2 heterocycles. The molecule has 3 aromatic carbocycles. The van der Waals surface area contributed by atoms with E-state index in [1.165, 1.54) is 12.1 Å². The predicted molar refractivity (Wildman–Crippen MR) is 122 cm³/mol. The second-order valence-electron chi connectivity index (χ2n) is 8.84. The Morgan fingerprint density at radius 3 is 2.36 bits per heavy atom. The van der Waals surface area contributed by atoms with Gasteiger partial charge in [0.25, 0.3) is 0 Å². The molecule has 2 aliphatic rings. The van der Waals surface area contributed by atoms with Gasteiger partial charge in [-0.25, -0.2) is 8.78 Å². The monoisotopic (exact) mass is 449 g/mol. The molecule has 0 bridgehead atoms. The molecule has 4 nitrogen and oxygen atoms in total. The summed E-state index contributed by atoms with van der Waals surface area (Å²) in [5.41, 5.74) is 3.34. The third-order valence-electron chi connectivity index (χ3n) is 6.86. The number of ether oxygens (including phenoxy) is 1. The lowest BCUT2D eigenvalue weighted by atomic mass is 9.75. The molecular weight excluding hydrogens is 424 g/mol. The number of hydrogen-bond donors (Lipinski definition) is 1. The largest absolute Gasteiger partial charge is 0.508 e. The van der Waals surface area contributed by atoms with Gasteiger partial charge in [0.1, 0.15) is 29.4 Å². The number of carbonyl (C=O) groups excluding carboxylic acids is 1. The maximum Gasteiger partial charge on any atom is 0.129 e. The Labute approximate surface area is 191 Å². The molecule has 0 aromatic heterocycles. The molecule has 0 aliphatic carbocycles. The Bertz CT molecular complexity index is 1160. The number of carbonyl (C=O) groups is 1. The van der Waals surface area contributed by atoms with Crippen molar-refractivity contribution < 1.29 is 23.4 Å². The molecule has 2 aliphatic heterocycles. The minimum Gasteiger partial charge on any atom is -0.508 e. The fourth-order valence-electron chi connectivity index (χ4n) is 5.07. The summed E-state index contributed by atoms with van der Waals surface area (Å²) in [4.78, 5) is 13.3. The van der Waals surface area contributed by atoms with Crippen molar-refractivity contribution in [3.05, 3.63) is 89.0 Å². The number of phenolic OH excluding ortho intramolecular Hbond substituents is 1. The Morgan fingerprint density at radius 2 is 1.67 bits per heavy atom. The molecule has 0 amide bonds. The number of piperidine rings is 1. The van der Waals surface area contributed by atoms with Crippen LogP contribution < -0.4 is 9.64 Å². The second kappa shape index (κ2) is 8.85. The van der Waals surface area contributed by atoms with Gasteiger partial charge in [0, 0.05) is 54.2 Å². The highest BCUT2D eigenvalue weighted by molar-refractivity contribution is 5.57. The number of rotatable bonds is 4. The summed E-state index contributed by atoms with van der Waals surface area (Å²) in [5, 5.41) is 9.91. The average molecular weight is 449 g/mol. The van der Waals surface area contributed by atoms with E-state index in [-0.39, 0.29) is 30.1 Å². The van der Waals surface area contributed by atoms with Crippen LogP contribution in [0.2, 0.25) is 0 Å². The molecule has 5 rings (SSSR count). The van der Waals surface area contributed by atoms with Crippen molar-refractivity contribution in [3.8, 4) is 11.5 Å². The zero-order valence-electron chi connectivity index (χ0n) is 18.1. The lowest BCUT2D eigenvalue weighted by Crippen LogP contribution is -2.34. The van der Waals surface area contributed by atoms with E-state index in [1.54, 1.807) is 18.2 Å². The number of benzene rings is 3. The number of phenols is 1. The maximum atomic E-state index is 14.8. The highest BCUT2D eigenvalue weighted by Gasteiger charge is 2.35. The summed E-state index contributed by atoms with van der Waals surface area (Å²) in [5.74, 6) is -0.960. The topological polar surface area (TPSA) is 49.8 Å². The Morgan fingerprint density at radius 1 is 0.939 bits per heavy atom. The Hall–Kier alpha value is -3.41. The van der Waals surface area contributed by atoms with E-state index in [0.29, 0.717) is 11.3 Å². The van der Waals surface area contributed by atoms with Crippen LogP contribution in [0.3, 0.4) is 0 Å². The molecule has 2 unspecified atom stereocenters. The van der Waals surface area contributed by atoms with Gasteiger partial charge >= 0.3 is 0 Å². The fourth-order valence-corrected chi connectivity index (χ4v) is 5.07. The van der Waals surface area contributed by atoms with Gasteiger partial charge in [-0.3, -0.25) is 0 Å². The number of fused-ring (bicyclic) bond motifs is 1. The van der Waals surface area contributed by atoms with Crippen molar-refractivity contribution in [3.63, 3.8) is 0 Å². The van der Waals surface area contributed by atoms with Gasteiger partial charge in [0.05, 0.1) is 6.61 Å². The van der Waals surface area contributed by atoms with Crippen molar-refractivity contribution in [2.24, 2.45) is 5.92 Å². The number of halogens is 2. The summed E-state index contributed by atoms with van der Waals surface area (Å²) in [7, 11) is 0. The van der Waals surface area contributed by atoms with Crippen LogP contribution in [0, 0.1) is 17.6 Å². The third-order valence-corrected chi connectivity index (χ3v) is 6.86. The van der Waals surface area contributed by atoms with Crippen LogP contribution in [-0.4, -0.2) is 31.1 Å². The standard InChI is InChI=1S/C27H25F2NO3/c28-19-3-7-22(25(29)13-19)24-16-33-26-14-21(32)6-8-23(26)27(24)18-1-4-20(5-2-18)30-11-9-17(15-31)10-12-30/h1-8,13-15,17,24,27,32H,9-12,16H2. The molecule has 6 heteroatoms. The van der Waals surface area contributed by atoms with Gasteiger partial charge in [-0.15, -0.1) is 0 Å². The summed E-state index contributed by atoms with van der Waals surface area (Å²) >= 11 is 0. The number of anilines is 1. The number of aromatic hydroxyl groups is 1. The first-order valence-electron chi connectivity index (χ1n) is 11.2. The number of aldehydes is 1. The van der Waals surface area contributed by atoms with Crippen molar-refractivity contribution >= 4 is 12.0 Å². The minimum absolute atomic E-state index is 0.105. The number of hydrogen-bond acceptors (Lipinski definition) is 4. The maximum absolute atomic E-state index is 14.8. The molecule has 0 saturated carbocycles.